The number of likely N-dealkylation sites (tertiary alicyclic amines) is 1. The Labute approximate surface area is 197 Å². The molecule has 1 heterocycles. The van der Waals surface area contributed by atoms with Crippen molar-refractivity contribution >= 4 is 29.4 Å². The van der Waals surface area contributed by atoms with Crippen LogP contribution in [0.15, 0.2) is 60.7 Å². The number of thioether (sulfide) groups is 2. The van der Waals surface area contributed by atoms with E-state index in [0.29, 0.717) is 11.2 Å². The maximum atomic E-state index is 12.4. The maximum absolute atomic E-state index is 12.4. The molecule has 1 aliphatic rings. The summed E-state index contributed by atoms with van der Waals surface area (Å²) in [6, 6.07) is 21.6. The van der Waals surface area contributed by atoms with E-state index in [-0.39, 0.29) is 0 Å². The highest BCUT2D eigenvalue weighted by Crippen LogP contribution is 2.27. The molecule has 168 valence electrons. The Morgan fingerprint density at radius 3 is 2.13 bits per heavy atom. The van der Waals surface area contributed by atoms with Gasteiger partial charge in [-0.05, 0) is 55.4 Å². The summed E-state index contributed by atoms with van der Waals surface area (Å²) in [5.41, 5.74) is 2.83. The smallest absolute Gasteiger partial charge is 0.222 e. The summed E-state index contributed by atoms with van der Waals surface area (Å²) in [6.45, 7) is 1.96. The fraction of sp³-hybridized carbons (Fsp3) is 0.519. The summed E-state index contributed by atoms with van der Waals surface area (Å²) < 4.78 is 0. The largest absolute Gasteiger partial charge is 0.343 e. The summed E-state index contributed by atoms with van der Waals surface area (Å²) in [5, 5.41) is 0.675. The van der Waals surface area contributed by atoms with Crippen LogP contribution in [0.4, 0.5) is 0 Å². The second kappa shape index (κ2) is 14.6. The second-order valence-electron chi connectivity index (χ2n) is 8.43. The Balaban J connectivity index is 1.38. The van der Waals surface area contributed by atoms with Crippen LogP contribution in [-0.2, 0) is 16.3 Å². The lowest BCUT2D eigenvalue weighted by molar-refractivity contribution is -0.132. The Morgan fingerprint density at radius 1 is 0.806 bits per heavy atom. The first-order valence-electron chi connectivity index (χ1n) is 11.9. The van der Waals surface area contributed by atoms with Crippen molar-refractivity contribution in [2.45, 2.75) is 68.1 Å². The number of amides is 1. The molecule has 31 heavy (non-hydrogen) atoms. The molecule has 0 aromatic heterocycles. The Morgan fingerprint density at radius 2 is 1.45 bits per heavy atom. The topological polar surface area (TPSA) is 20.3 Å². The normalized spacial score (nSPS) is 15.0. The molecule has 0 bridgehead atoms. The van der Waals surface area contributed by atoms with Gasteiger partial charge in [0.2, 0.25) is 5.91 Å². The molecule has 3 rings (SSSR count). The molecule has 1 fully saturated rings. The lowest BCUT2D eigenvalue weighted by atomic mass is 10.1. The zero-order chi connectivity index (χ0) is 21.6. The molecular weight excluding hydrogens is 418 g/mol. The average Bonchev–Trinajstić information content (AvgIpc) is 2.84. The zero-order valence-corrected chi connectivity index (χ0v) is 20.3. The second-order valence-corrected chi connectivity index (χ2v) is 10.8. The number of rotatable bonds is 13. The van der Waals surface area contributed by atoms with Crippen LogP contribution in [0.25, 0.3) is 0 Å². The van der Waals surface area contributed by atoms with Gasteiger partial charge in [-0.25, -0.2) is 0 Å². The Kier molecular flexibility index (Phi) is 11.4. The van der Waals surface area contributed by atoms with Crippen molar-refractivity contribution < 1.29 is 4.79 Å². The third kappa shape index (κ3) is 9.74. The number of nitrogens with zero attached hydrogens (tertiary/aromatic N) is 1. The number of carbonyl (C=O) groups is 1. The van der Waals surface area contributed by atoms with Gasteiger partial charge in [-0.2, -0.15) is 23.5 Å². The van der Waals surface area contributed by atoms with Crippen molar-refractivity contribution in [3.05, 3.63) is 71.8 Å². The maximum Gasteiger partial charge on any atom is 0.222 e. The molecule has 1 amide bonds. The van der Waals surface area contributed by atoms with Crippen molar-refractivity contribution in [2.75, 3.05) is 18.8 Å². The lowest BCUT2D eigenvalue weighted by Crippen LogP contribution is -2.35. The van der Waals surface area contributed by atoms with Gasteiger partial charge < -0.3 is 4.90 Å². The molecule has 0 spiro atoms. The third-order valence-corrected chi connectivity index (χ3v) is 8.40. The molecule has 0 N–H and O–H groups in total. The van der Waals surface area contributed by atoms with Crippen LogP contribution in [0.2, 0.25) is 0 Å². The van der Waals surface area contributed by atoms with Gasteiger partial charge in [-0.1, -0.05) is 67.1 Å². The van der Waals surface area contributed by atoms with E-state index in [2.05, 4.69) is 77.3 Å². The number of unbranched alkanes of at least 4 members (excludes halogenated alkanes) is 1. The lowest BCUT2D eigenvalue weighted by Gasteiger charge is -2.26. The summed E-state index contributed by atoms with van der Waals surface area (Å²) in [7, 11) is 0. The van der Waals surface area contributed by atoms with E-state index in [0.717, 1.165) is 43.9 Å². The molecule has 0 saturated carbocycles. The Bertz CT molecular complexity index is 731. The van der Waals surface area contributed by atoms with Gasteiger partial charge in [0.15, 0.2) is 0 Å². The number of hydrogen-bond acceptors (Lipinski definition) is 3. The summed E-state index contributed by atoms with van der Waals surface area (Å²) in [6.07, 6.45) is 9.05. The standard InChI is InChI=1S/C27H37NOS2/c29-27(28-19-10-3-11-20-28)17-9-8-16-26(31-23-25-14-6-2-7-15-25)18-21-30-22-24-12-4-1-5-13-24/h1-2,4-7,12-15,26H,3,8-11,16-23H2. The van der Waals surface area contributed by atoms with Crippen LogP contribution in [-0.4, -0.2) is 34.9 Å². The fourth-order valence-electron chi connectivity index (χ4n) is 4.03. The van der Waals surface area contributed by atoms with Crippen molar-refractivity contribution in [2.24, 2.45) is 0 Å². The first-order valence-corrected chi connectivity index (χ1v) is 14.1. The van der Waals surface area contributed by atoms with E-state index < -0.39 is 0 Å². The molecule has 2 nitrogen and oxygen atoms in total. The van der Waals surface area contributed by atoms with E-state index in [9.17, 15) is 4.79 Å². The molecule has 4 heteroatoms. The predicted molar refractivity (Wildman–Crippen MR) is 138 cm³/mol. The van der Waals surface area contributed by atoms with E-state index in [4.69, 9.17) is 0 Å². The van der Waals surface area contributed by atoms with Gasteiger partial charge in [0.05, 0.1) is 0 Å². The number of benzene rings is 2. The van der Waals surface area contributed by atoms with Crippen molar-refractivity contribution in [3.63, 3.8) is 0 Å². The van der Waals surface area contributed by atoms with Crippen molar-refractivity contribution in [3.8, 4) is 0 Å². The highest BCUT2D eigenvalue weighted by Gasteiger charge is 2.16. The van der Waals surface area contributed by atoms with Gasteiger partial charge in [0, 0.05) is 36.3 Å². The third-order valence-electron chi connectivity index (χ3n) is 5.90. The molecule has 0 aliphatic carbocycles. The molecule has 1 saturated heterocycles. The summed E-state index contributed by atoms with van der Waals surface area (Å²) in [5.74, 6) is 3.77. The van der Waals surface area contributed by atoms with Crippen LogP contribution in [0.1, 0.15) is 62.5 Å². The van der Waals surface area contributed by atoms with Gasteiger partial charge in [-0.3, -0.25) is 4.79 Å². The first kappa shape index (κ1) is 24.3. The Hall–Kier alpha value is -1.39. The van der Waals surface area contributed by atoms with Crippen molar-refractivity contribution in [1.29, 1.82) is 0 Å². The highest BCUT2D eigenvalue weighted by molar-refractivity contribution is 7.99. The summed E-state index contributed by atoms with van der Waals surface area (Å²) in [4.78, 5) is 14.5. The molecular formula is C27H37NOS2. The fourth-order valence-corrected chi connectivity index (χ4v) is 6.44. The van der Waals surface area contributed by atoms with Crippen LogP contribution < -0.4 is 0 Å². The van der Waals surface area contributed by atoms with Crippen molar-refractivity contribution in [1.82, 2.24) is 4.90 Å². The summed E-state index contributed by atoms with van der Waals surface area (Å²) >= 11 is 4.14. The van der Waals surface area contributed by atoms with E-state index >= 15 is 0 Å². The van der Waals surface area contributed by atoms with E-state index in [1.165, 1.54) is 49.0 Å². The molecule has 2 aromatic rings. The molecule has 1 aliphatic heterocycles. The molecule has 1 atom stereocenters. The van der Waals surface area contributed by atoms with Crippen LogP contribution >= 0.6 is 23.5 Å². The molecule has 1 unspecified atom stereocenters. The minimum absolute atomic E-state index is 0.381. The monoisotopic (exact) mass is 455 g/mol. The quantitative estimate of drug-likeness (QED) is 0.298. The molecule has 2 aromatic carbocycles. The highest BCUT2D eigenvalue weighted by atomic mass is 32.2. The first-order chi connectivity index (χ1) is 15.3. The number of piperidine rings is 1. The molecule has 0 radical (unpaired) electrons. The van der Waals surface area contributed by atoms with Gasteiger partial charge in [0.1, 0.15) is 0 Å². The number of hydrogen-bond donors (Lipinski definition) is 0. The average molecular weight is 456 g/mol. The SMILES string of the molecule is O=C(CCCCC(CCSCc1ccccc1)SCc1ccccc1)N1CCCCC1. The van der Waals surface area contributed by atoms with Gasteiger partial charge in [-0.15, -0.1) is 0 Å². The van der Waals surface area contributed by atoms with Gasteiger partial charge >= 0.3 is 0 Å². The predicted octanol–water partition coefficient (Wildman–Crippen LogP) is 7.18. The minimum atomic E-state index is 0.381. The minimum Gasteiger partial charge on any atom is -0.343 e. The van der Waals surface area contributed by atoms with Crippen LogP contribution in [0.5, 0.6) is 0 Å². The number of carbonyl (C=O) groups excluding carboxylic acids is 1. The van der Waals surface area contributed by atoms with E-state index in [1.54, 1.807) is 0 Å². The van der Waals surface area contributed by atoms with Crippen LogP contribution in [0.3, 0.4) is 0 Å². The van der Waals surface area contributed by atoms with E-state index in [1.807, 2.05) is 11.8 Å². The zero-order valence-electron chi connectivity index (χ0n) is 18.7. The van der Waals surface area contributed by atoms with Gasteiger partial charge in [0.25, 0.3) is 0 Å². The van der Waals surface area contributed by atoms with Crippen LogP contribution in [0, 0.1) is 0 Å².